The van der Waals surface area contributed by atoms with Gasteiger partial charge in [0, 0.05) is 51.9 Å². The molecule has 3 aromatic rings. The van der Waals surface area contributed by atoms with Gasteiger partial charge < -0.3 is 30.0 Å². The lowest BCUT2D eigenvalue weighted by Crippen LogP contribution is -2.42. The Kier molecular flexibility index (Phi) is 9.71. The van der Waals surface area contributed by atoms with Crippen molar-refractivity contribution < 1.29 is 23.5 Å². The molecule has 0 spiro atoms. The number of nitrogens with zero attached hydrogens (tertiary/aromatic N) is 2. The SMILES string of the molecule is CN(CCN1CCC(OC(=O)Nc2ccccc2-c2ccccc2)CC1)C(=O)c1ccc(C(=O)NCCN)o1. The minimum atomic E-state index is -0.461. The van der Waals surface area contributed by atoms with Crippen LogP contribution in [0.4, 0.5) is 10.5 Å². The van der Waals surface area contributed by atoms with Crippen molar-refractivity contribution >= 4 is 23.6 Å². The zero-order valence-electron chi connectivity index (χ0n) is 22.1. The molecule has 0 aliphatic carbocycles. The van der Waals surface area contributed by atoms with Crippen molar-refractivity contribution in [2.75, 3.05) is 51.6 Å². The number of furan rings is 1. The Morgan fingerprint density at radius 1 is 1.00 bits per heavy atom. The van der Waals surface area contributed by atoms with E-state index in [1.165, 1.54) is 12.1 Å². The van der Waals surface area contributed by atoms with Gasteiger partial charge in [0.2, 0.25) is 0 Å². The van der Waals surface area contributed by atoms with Crippen LogP contribution >= 0.6 is 0 Å². The van der Waals surface area contributed by atoms with Crippen LogP contribution in [0.2, 0.25) is 0 Å². The Hall–Kier alpha value is -4.15. The lowest BCUT2D eigenvalue weighted by Gasteiger charge is -2.32. The van der Waals surface area contributed by atoms with Crippen LogP contribution in [0.3, 0.4) is 0 Å². The monoisotopic (exact) mass is 533 g/mol. The summed E-state index contributed by atoms with van der Waals surface area (Å²) < 4.78 is 11.1. The van der Waals surface area contributed by atoms with Gasteiger partial charge in [-0.1, -0.05) is 48.5 Å². The molecule has 1 aromatic heterocycles. The number of hydrogen-bond acceptors (Lipinski definition) is 7. The zero-order chi connectivity index (χ0) is 27.6. The van der Waals surface area contributed by atoms with Crippen LogP contribution in [0.15, 0.2) is 71.1 Å². The van der Waals surface area contributed by atoms with Crippen LogP contribution in [0.5, 0.6) is 0 Å². The van der Waals surface area contributed by atoms with E-state index in [0.29, 0.717) is 44.7 Å². The molecule has 0 atom stereocenters. The molecule has 1 fully saturated rings. The van der Waals surface area contributed by atoms with Gasteiger partial charge in [-0.05, 0) is 36.6 Å². The zero-order valence-corrected chi connectivity index (χ0v) is 22.1. The van der Waals surface area contributed by atoms with Crippen LogP contribution in [0.1, 0.15) is 34.0 Å². The Morgan fingerprint density at radius 2 is 1.69 bits per heavy atom. The van der Waals surface area contributed by atoms with Gasteiger partial charge in [0.25, 0.3) is 11.8 Å². The molecule has 0 radical (unpaired) electrons. The minimum absolute atomic E-state index is 0.0786. The van der Waals surface area contributed by atoms with Crippen molar-refractivity contribution in [1.82, 2.24) is 15.1 Å². The first-order chi connectivity index (χ1) is 18.9. The summed E-state index contributed by atoms with van der Waals surface area (Å²) in [7, 11) is 1.70. The van der Waals surface area contributed by atoms with E-state index in [4.69, 9.17) is 14.9 Å². The molecule has 1 saturated heterocycles. The van der Waals surface area contributed by atoms with E-state index in [1.54, 1.807) is 11.9 Å². The molecule has 4 rings (SSSR count). The summed E-state index contributed by atoms with van der Waals surface area (Å²) in [4.78, 5) is 41.1. The maximum absolute atomic E-state index is 12.7. The number of hydrogen-bond donors (Lipinski definition) is 3. The summed E-state index contributed by atoms with van der Waals surface area (Å²) in [6.45, 7) is 3.34. The van der Waals surface area contributed by atoms with Crippen LogP contribution in [-0.2, 0) is 4.74 Å². The third-order valence-electron chi connectivity index (χ3n) is 6.63. The lowest BCUT2D eigenvalue weighted by atomic mass is 10.0. The average Bonchev–Trinajstić information content (AvgIpc) is 3.46. The maximum atomic E-state index is 12.7. The summed E-state index contributed by atoms with van der Waals surface area (Å²) in [6.07, 6.45) is 0.795. The van der Waals surface area contributed by atoms with E-state index in [2.05, 4.69) is 15.5 Å². The summed E-state index contributed by atoms with van der Waals surface area (Å²) in [5.41, 5.74) is 8.05. The van der Waals surface area contributed by atoms with Gasteiger partial charge >= 0.3 is 6.09 Å². The van der Waals surface area contributed by atoms with Crippen LogP contribution in [-0.4, -0.2) is 80.1 Å². The highest BCUT2D eigenvalue weighted by Gasteiger charge is 2.24. The van der Waals surface area contributed by atoms with E-state index < -0.39 is 12.0 Å². The van der Waals surface area contributed by atoms with Gasteiger partial charge in [-0.2, -0.15) is 0 Å². The Labute approximate surface area is 228 Å². The molecule has 0 unspecified atom stereocenters. The highest BCUT2D eigenvalue weighted by Crippen LogP contribution is 2.28. The fourth-order valence-electron chi connectivity index (χ4n) is 4.43. The molecular weight excluding hydrogens is 498 g/mol. The predicted octanol–water partition coefficient (Wildman–Crippen LogP) is 3.42. The molecule has 39 heavy (non-hydrogen) atoms. The Bertz CT molecular complexity index is 1250. The number of rotatable bonds is 10. The maximum Gasteiger partial charge on any atom is 0.411 e. The number of ether oxygens (including phenoxy) is 1. The Morgan fingerprint density at radius 3 is 2.44 bits per heavy atom. The molecule has 206 valence electrons. The first kappa shape index (κ1) is 27.9. The van der Waals surface area contributed by atoms with Gasteiger partial charge in [0.1, 0.15) is 6.10 Å². The summed E-state index contributed by atoms with van der Waals surface area (Å²) in [5.74, 6) is -0.503. The number of para-hydroxylation sites is 1. The molecule has 2 heterocycles. The molecule has 0 bridgehead atoms. The third-order valence-corrected chi connectivity index (χ3v) is 6.63. The molecule has 3 amide bonds. The van der Waals surface area contributed by atoms with Gasteiger partial charge in [0.15, 0.2) is 11.5 Å². The average molecular weight is 534 g/mol. The van der Waals surface area contributed by atoms with Crippen LogP contribution < -0.4 is 16.4 Å². The molecule has 1 aliphatic heterocycles. The second-order valence-electron chi connectivity index (χ2n) is 9.42. The van der Waals surface area contributed by atoms with Crippen molar-refractivity contribution in [3.8, 4) is 11.1 Å². The largest absolute Gasteiger partial charge is 0.446 e. The van der Waals surface area contributed by atoms with Gasteiger partial charge in [0.05, 0.1) is 5.69 Å². The molecule has 10 nitrogen and oxygen atoms in total. The molecular formula is C29H35N5O5. The summed E-state index contributed by atoms with van der Waals surface area (Å²) >= 11 is 0. The highest BCUT2D eigenvalue weighted by molar-refractivity contribution is 5.95. The molecule has 4 N–H and O–H groups in total. The second-order valence-corrected chi connectivity index (χ2v) is 9.42. The summed E-state index contributed by atoms with van der Waals surface area (Å²) in [5, 5.41) is 5.51. The molecule has 2 aromatic carbocycles. The number of piperidine rings is 1. The normalized spacial score (nSPS) is 14.0. The fourth-order valence-corrected chi connectivity index (χ4v) is 4.43. The number of carbonyl (C=O) groups excluding carboxylic acids is 3. The smallest absolute Gasteiger partial charge is 0.411 e. The quantitative estimate of drug-likeness (QED) is 0.364. The molecule has 1 aliphatic rings. The topological polar surface area (TPSA) is 130 Å². The molecule has 10 heteroatoms. The van der Waals surface area contributed by atoms with E-state index in [1.807, 2.05) is 54.6 Å². The van der Waals surface area contributed by atoms with E-state index in [-0.39, 0.29) is 23.5 Å². The number of nitrogens with one attached hydrogen (secondary N) is 2. The predicted molar refractivity (Wildman–Crippen MR) is 148 cm³/mol. The van der Waals surface area contributed by atoms with Crippen LogP contribution in [0, 0.1) is 0 Å². The van der Waals surface area contributed by atoms with Gasteiger partial charge in [-0.3, -0.25) is 14.9 Å². The van der Waals surface area contributed by atoms with E-state index in [0.717, 1.165) is 24.2 Å². The number of likely N-dealkylation sites (N-methyl/N-ethyl adjacent to an activating group) is 1. The summed E-state index contributed by atoms with van der Waals surface area (Å²) in [6, 6.07) is 20.5. The highest BCUT2D eigenvalue weighted by atomic mass is 16.6. The fraction of sp³-hybridized carbons (Fsp3) is 0.345. The van der Waals surface area contributed by atoms with E-state index >= 15 is 0 Å². The van der Waals surface area contributed by atoms with Crippen molar-refractivity contribution in [3.63, 3.8) is 0 Å². The number of likely N-dealkylation sites (tertiary alicyclic amines) is 1. The second kappa shape index (κ2) is 13.6. The van der Waals surface area contributed by atoms with Crippen LogP contribution in [0.25, 0.3) is 11.1 Å². The third kappa shape index (κ3) is 7.68. The minimum Gasteiger partial charge on any atom is -0.446 e. The lowest BCUT2D eigenvalue weighted by molar-refractivity contribution is 0.0533. The van der Waals surface area contributed by atoms with E-state index in [9.17, 15) is 14.4 Å². The first-order valence-corrected chi connectivity index (χ1v) is 13.1. The number of amides is 3. The van der Waals surface area contributed by atoms with Gasteiger partial charge in [-0.15, -0.1) is 0 Å². The number of anilines is 1. The van der Waals surface area contributed by atoms with Crippen molar-refractivity contribution in [2.24, 2.45) is 5.73 Å². The van der Waals surface area contributed by atoms with Gasteiger partial charge in [-0.25, -0.2) is 4.79 Å². The number of carbonyl (C=O) groups is 3. The van der Waals surface area contributed by atoms with Crippen molar-refractivity contribution in [3.05, 3.63) is 78.3 Å². The van der Waals surface area contributed by atoms with Crippen molar-refractivity contribution in [1.29, 1.82) is 0 Å². The number of nitrogens with two attached hydrogens (primary N) is 1. The first-order valence-electron chi connectivity index (χ1n) is 13.1. The van der Waals surface area contributed by atoms with Crippen molar-refractivity contribution in [2.45, 2.75) is 18.9 Å². The standard InChI is InChI=1S/C29H35N5O5/c1-33(28(36)26-12-11-25(39-26)27(35)31-16-15-30)19-20-34-17-13-22(14-18-34)38-29(37)32-24-10-6-5-9-23(24)21-7-3-2-4-8-21/h2-12,22H,13-20,30H2,1H3,(H,31,35)(H,32,37). The number of benzene rings is 2. The Balaban J connectivity index is 1.19. The molecule has 0 saturated carbocycles.